The topological polar surface area (TPSA) is 60.5 Å². The van der Waals surface area contributed by atoms with E-state index >= 15 is 0 Å². The summed E-state index contributed by atoms with van der Waals surface area (Å²) in [6, 6.07) is 2.17. The number of hydrogen-bond acceptors (Lipinski definition) is 6. The Morgan fingerprint density at radius 1 is 1.28 bits per heavy atom. The van der Waals surface area contributed by atoms with Crippen molar-refractivity contribution in [2.45, 2.75) is 18.9 Å². The Kier molecular flexibility index (Phi) is 5.51. The lowest BCUT2D eigenvalue weighted by Gasteiger charge is -2.44. The van der Waals surface area contributed by atoms with Crippen molar-refractivity contribution in [2.75, 3.05) is 52.4 Å². The molecule has 0 radical (unpaired) electrons. The van der Waals surface area contributed by atoms with E-state index in [9.17, 15) is 4.79 Å². The van der Waals surface area contributed by atoms with Crippen molar-refractivity contribution in [3.05, 3.63) is 28.9 Å². The normalized spacial score (nSPS) is 26.8. The molecule has 152 valence electrons. The monoisotopic (exact) mass is 409 g/mol. The van der Waals surface area contributed by atoms with E-state index in [0.29, 0.717) is 11.6 Å². The number of rotatable bonds is 3. The Morgan fingerprint density at radius 2 is 2.10 bits per heavy atom. The molecule has 4 saturated heterocycles. The van der Waals surface area contributed by atoms with Gasteiger partial charge in [0.2, 0.25) is 0 Å². The van der Waals surface area contributed by atoms with Gasteiger partial charge in [0, 0.05) is 61.3 Å². The Labute approximate surface area is 175 Å². The van der Waals surface area contributed by atoms with Crippen LogP contribution in [0.25, 0.3) is 10.1 Å². The number of aromatic nitrogens is 1. The van der Waals surface area contributed by atoms with Crippen molar-refractivity contribution in [2.24, 2.45) is 5.92 Å². The van der Waals surface area contributed by atoms with E-state index in [1.807, 2.05) is 12.3 Å². The average molecular weight is 410 g/mol. The number of piperazine rings is 1. The second kappa shape index (κ2) is 8.41. The van der Waals surface area contributed by atoms with Crippen LogP contribution in [0.5, 0.6) is 0 Å². The molecule has 4 fully saturated rings. The number of pyridine rings is 1. The molecule has 6 heterocycles. The third-order valence-corrected chi connectivity index (χ3v) is 7.33. The van der Waals surface area contributed by atoms with Gasteiger partial charge in [0.15, 0.2) is 0 Å². The van der Waals surface area contributed by atoms with E-state index in [-0.39, 0.29) is 11.9 Å². The van der Waals surface area contributed by atoms with Crippen molar-refractivity contribution < 1.29 is 4.79 Å². The van der Waals surface area contributed by atoms with Gasteiger partial charge in [-0.1, -0.05) is 11.8 Å². The molecule has 0 unspecified atom stereocenters. The zero-order chi connectivity index (χ0) is 19.6. The molecule has 0 aromatic carbocycles. The van der Waals surface area contributed by atoms with Crippen LogP contribution in [0, 0.1) is 17.8 Å². The molecule has 1 amide bonds. The highest BCUT2D eigenvalue weighted by molar-refractivity contribution is 7.17. The molecule has 0 saturated carbocycles. The molecule has 6 nitrogen and oxygen atoms in total. The van der Waals surface area contributed by atoms with Gasteiger partial charge in [0.1, 0.15) is 5.69 Å². The molecule has 1 atom stereocenters. The first-order chi connectivity index (χ1) is 14.3. The van der Waals surface area contributed by atoms with Crippen LogP contribution < -0.4 is 10.6 Å². The van der Waals surface area contributed by atoms with Crippen molar-refractivity contribution in [1.82, 2.24) is 25.4 Å². The highest BCUT2D eigenvalue weighted by Gasteiger charge is 2.35. The van der Waals surface area contributed by atoms with Gasteiger partial charge in [0.05, 0.1) is 11.2 Å². The number of nitrogens with one attached hydrogen (secondary N) is 2. The predicted molar refractivity (Wildman–Crippen MR) is 116 cm³/mol. The van der Waals surface area contributed by atoms with Gasteiger partial charge in [-0.25, -0.2) is 4.98 Å². The van der Waals surface area contributed by atoms with Crippen LogP contribution in [0.1, 0.15) is 28.9 Å². The lowest BCUT2D eigenvalue weighted by molar-refractivity contribution is 0.0618. The van der Waals surface area contributed by atoms with E-state index in [1.165, 1.54) is 25.9 Å². The maximum absolute atomic E-state index is 12.8. The molecular weight excluding hydrogens is 382 g/mol. The molecule has 6 rings (SSSR count). The zero-order valence-electron chi connectivity index (χ0n) is 16.6. The van der Waals surface area contributed by atoms with Crippen LogP contribution in [0.15, 0.2) is 17.6 Å². The van der Waals surface area contributed by atoms with Gasteiger partial charge in [0.25, 0.3) is 5.91 Å². The maximum atomic E-state index is 12.8. The SMILES string of the molecule is O=C(N[C@H]1CN2CCC1CC2)c1cc2c(C#CCN3CCNCC3)csc2cn1. The fraction of sp³-hybridized carbons (Fsp3) is 0.545. The highest BCUT2D eigenvalue weighted by Crippen LogP contribution is 2.28. The van der Waals surface area contributed by atoms with E-state index < -0.39 is 0 Å². The number of carbonyl (C=O) groups is 1. The lowest BCUT2D eigenvalue weighted by atomic mass is 9.84. The van der Waals surface area contributed by atoms with Gasteiger partial charge in [-0.3, -0.25) is 9.69 Å². The molecule has 2 aromatic rings. The van der Waals surface area contributed by atoms with Gasteiger partial charge < -0.3 is 15.5 Å². The summed E-state index contributed by atoms with van der Waals surface area (Å²) in [5.74, 6) is 7.18. The van der Waals surface area contributed by atoms with E-state index in [1.54, 1.807) is 11.3 Å². The van der Waals surface area contributed by atoms with Crippen LogP contribution >= 0.6 is 11.3 Å². The molecule has 2 bridgehead atoms. The largest absolute Gasteiger partial charge is 0.346 e. The van der Waals surface area contributed by atoms with Crippen LogP contribution in [0.4, 0.5) is 0 Å². The highest BCUT2D eigenvalue weighted by atomic mass is 32.1. The molecule has 2 N–H and O–H groups in total. The van der Waals surface area contributed by atoms with Gasteiger partial charge in [-0.2, -0.15) is 0 Å². The molecule has 0 spiro atoms. The summed E-state index contributed by atoms with van der Waals surface area (Å²) in [6.07, 6.45) is 4.19. The maximum Gasteiger partial charge on any atom is 0.270 e. The summed E-state index contributed by atoms with van der Waals surface area (Å²) in [5.41, 5.74) is 1.50. The first-order valence-corrected chi connectivity index (χ1v) is 11.5. The average Bonchev–Trinajstić information content (AvgIpc) is 3.18. The van der Waals surface area contributed by atoms with Crippen molar-refractivity contribution >= 4 is 27.3 Å². The Balaban J connectivity index is 1.29. The molecule has 29 heavy (non-hydrogen) atoms. The minimum Gasteiger partial charge on any atom is -0.346 e. The minimum absolute atomic E-state index is 0.0587. The summed E-state index contributed by atoms with van der Waals surface area (Å²) in [6.45, 7) is 8.27. The molecule has 7 heteroatoms. The zero-order valence-corrected chi connectivity index (χ0v) is 17.4. The molecule has 4 aliphatic heterocycles. The summed E-state index contributed by atoms with van der Waals surface area (Å²) < 4.78 is 1.08. The number of amides is 1. The second-order valence-electron chi connectivity index (χ2n) is 8.26. The number of piperidine rings is 3. The quantitative estimate of drug-likeness (QED) is 0.750. The van der Waals surface area contributed by atoms with Crippen LogP contribution in [-0.2, 0) is 0 Å². The number of fused-ring (bicyclic) bond motifs is 4. The van der Waals surface area contributed by atoms with Crippen molar-refractivity contribution in [3.8, 4) is 11.8 Å². The fourth-order valence-electron chi connectivity index (χ4n) is 4.64. The number of carbonyl (C=O) groups excluding carboxylic acids is 1. The fourth-order valence-corrected chi connectivity index (χ4v) is 5.48. The molecule has 0 aliphatic carbocycles. The lowest BCUT2D eigenvalue weighted by Crippen LogP contribution is -2.57. The Morgan fingerprint density at radius 3 is 2.86 bits per heavy atom. The standard InChI is InChI=1S/C22H27N5OS/c28-22(25-20-14-27-8-3-16(20)4-9-27)19-12-18-17(15-29-21(18)13-24-19)2-1-7-26-10-5-23-6-11-26/h12-13,15-16,20,23H,3-11,14H2,(H,25,28)/t20-/m0/s1. The van der Waals surface area contributed by atoms with Crippen LogP contribution in [0.2, 0.25) is 0 Å². The summed E-state index contributed by atoms with van der Waals surface area (Å²) in [7, 11) is 0. The number of thiophene rings is 1. The van der Waals surface area contributed by atoms with E-state index in [0.717, 1.165) is 54.9 Å². The van der Waals surface area contributed by atoms with Crippen LogP contribution in [0.3, 0.4) is 0 Å². The Hall–Kier alpha value is -1.98. The number of hydrogen-bond donors (Lipinski definition) is 2. The van der Waals surface area contributed by atoms with Gasteiger partial charge in [-0.05, 0) is 37.9 Å². The van der Waals surface area contributed by atoms with Crippen LogP contribution in [-0.4, -0.2) is 79.1 Å². The third kappa shape index (κ3) is 4.17. The molecule has 4 aliphatic rings. The van der Waals surface area contributed by atoms with Crippen molar-refractivity contribution in [1.29, 1.82) is 0 Å². The number of nitrogens with zero attached hydrogens (tertiary/aromatic N) is 3. The minimum atomic E-state index is -0.0587. The first-order valence-electron chi connectivity index (χ1n) is 10.6. The third-order valence-electron chi connectivity index (χ3n) is 6.40. The molecule has 2 aromatic heterocycles. The summed E-state index contributed by atoms with van der Waals surface area (Å²) in [5, 5.41) is 9.72. The smallest absolute Gasteiger partial charge is 0.270 e. The van der Waals surface area contributed by atoms with Crippen molar-refractivity contribution in [3.63, 3.8) is 0 Å². The summed E-state index contributed by atoms with van der Waals surface area (Å²) >= 11 is 1.64. The van der Waals surface area contributed by atoms with Gasteiger partial charge >= 0.3 is 0 Å². The van der Waals surface area contributed by atoms with Gasteiger partial charge in [-0.15, -0.1) is 11.3 Å². The second-order valence-corrected chi connectivity index (χ2v) is 9.17. The summed E-state index contributed by atoms with van der Waals surface area (Å²) in [4.78, 5) is 22.1. The first kappa shape index (κ1) is 19.0. The molecular formula is C22H27N5OS. The van der Waals surface area contributed by atoms with E-state index in [4.69, 9.17) is 0 Å². The predicted octanol–water partition coefficient (Wildman–Crippen LogP) is 1.38. The Bertz CT molecular complexity index is 947. The van der Waals surface area contributed by atoms with E-state index in [2.05, 4.69) is 42.6 Å².